The number of amides is 1. The van der Waals surface area contributed by atoms with E-state index in [-0.39, 0.29) is 15.7 Å². The zero-order chi connectivity index (χ0) is 17.2. The van der Waals surface area contributed by atoms with Crippen molar-refractivity contribution < 1.29 is 18.0 Å². The number of carbonyl (C=O) groups excluding carboxylic acids is 1. The van der Waals surface area contributed by atoms with Crippen LogP contribution in [0.1, 0.15) is 5.56 Å². The van der Waals surface area contributed by atoms with Gasteiger partial charge in [0.1, 0.15) is 11.6 Å². The molecule has 122 valence electrons. The van der Waals surface area contributed by atoms with Gasteiger partial charge in [0.05, 0.1) is 16.8 Å². The van der Waals surface area contributed by atoms with Gasteiger partial charge in [0.25, 0.3) is 5.56 Å². The molecule has 10 heteroatoms. The molecule has 1 aromatic heterocycles. The van der Waals surface area contributed by atoms with Gasteiger partial charge >= 0.3 is 6.18 Å². The summed E-state index contributed by atoms with van der Waals surface area (Å²) in [6.07, 6.45) is -3.44. The summed E-state index contributed by atoms with van der Waals surface area (Å²) < 4.78 is 38.5. The fraction of sp³-hybridized carbons (Fsp3) is 0.154. The highest BCUT2D eigenvalue weighted by Crippen LogP contribution is 2.30. The lowest BCUT2D eigenvalue weighted by atomic mass is 10.2. The van der Waals surface area contributed by atoms with Gasteiger partial charge in [0.2, 0.25) is 5.91 Å². The summed E-state index contributed by atoms with van der Waals surface area (Å²) in [6.45, 7) is -0.522. The highest BCUT2D eigenvalue weighted by Gasteiger charge is 2.30. The minimum atomic E-state index is -4.52. The van der Waals surface area contributed by atoms with Gasteiger partial charge in [-0.05, 0) is 18.2 Å². The third kappa shape index (κ3) is 4.23. The minimum absolute atomic E-state index is 0.0575. The molecule has 2 aromatic rings. The second-order valence-electron chi connectivity index (χ2n) is 4.40. The molecule has 5 nitrogen and oxygen atoms in total. The molecular formula is C13H8Cl2F3N3O2. The van der Waals surface area contributed by atoms with Crippen molar-refractivity contribution in [3.63, 3.8) is 0 Å². The molecule has 0 aliphatic carbocycles. The number of nitrogens with one attached hydrogen (secondary N) is 1. The van der Waals surface area contributed by atoms with Crippen molar-refractivity contribution in [1.82, 2.24) is 9.78 Å². The third-order valence-corrected chi connectivity index (χ3v) is 3.46. The standard InChI is InChI=1S/C13H8Cl2F3N3O2/c14-9-5-19-21(12(23)11(9)15)6-10(22)20-8-3-1-2-7(4-8)13(16,17)18/h1-5H,6H2,(H,20,22). The maximum Gasteiger partial charge on any atom is 0.416 e. The summed E-state index contributed by atoms with van der Waals surface area (Å²) in [5.41, 5.74) is -1.74. The summed E-state index contributed by atoms with van der Waals surface area (Å²) in [5.74, 6) is -0.739. The highest BCUT2D eigenvalue weighted by atomic mass is 35.5. The summed E-state index contributed by atoms with van der Waals surface area (Å²) >= 11 is 11.2. The maximum absolute atomic E-state index is 12.6. The van der Waals surface area contributed by atoms with Crippen LogP contribution < -0.4 is 10.9 Å². The van der Waals surface area contributed by atoms with Crippen LogP contribution in [0.25, 0.3) is 0 Å². The second kappa shape index (κ2) is 6.59. The van der Waals surface area contributed by atoms with E-state index in [4.69, 9.17) is 23.2 Å². The Bertz CT molecular complexity index is 806. The third-order valence-electron chi connectivity index (χ3n) is 2.71. The van der Waals surface area contributed by atoms with Crippen molar-refractivity contribution in [2.75, 3.05) is 5.32 Å². The number of aromatic nitrogens is 2. The molecule has 0 fully saturated rings. The number of nitrogens with zero attached hydrogens (tertiary/aromatic N) is 2. The number of anilines is 1. The Kier molecular flexibility index (Phi) is 4.96. The van der Waals surface area contributed by atoms with Gasteiger partial charge in [0.15, 0.2) is 0 Å². The summed E-state index contributed by atoms with van der Waals surface area (Å²) in [5, 5.41) is 5.51. The monoisotopic (exact) mass is 365 g/mol. The van der Waals surface area contributed by atoms with Crippen LogP contribution in [-0.2, 0) is 17.5 Å². The van der Waals surface area contributed by atoms with E-state index in [1.54, 1.807) is 0 Å². The zero-order valence-corrected chi connectivity index (χ0v) is 12.7. The van der Waals surface area contributed by atoms with Crippen LogP contribution in [0.5, 0.6) is 0 Å². The van der Waals surface area contributed by atoms with E-state index >= 15 is 0 Å². The van der Waals surface area contributed by atoms with Crippen LogP contribution in [0.15, 0.2) is 35.3 Å². The average molecular weight is 366 g/mol. The molecule has 1 amide bonds. The predicted octanol–water partition coefficient (Wildman–Crippen LogP) is 3.21. The fourth-order valence-corrected chi connectivity index (χ4v) is 1.94. The van der Waals surface area contributed by atoms with E-state index in [0.29, 0.717) is 0 Å². The van der Waals surface area contributed by atoms with Gasteiger partial charge in [-0.25, -0.2) is 4.68 Å². The summed E-state index contributed by atoms with van der Waals surface area (Å²) in [4.78, 5) is 23.5. The van der Waals surface area contributed by atoms with Crippen LogP contribution in [-0.4, -0.2) is 15.7 Å². The van der Waals surface area contributed by atoms with Gasteiger partial charge in [-0.3, -0.25) is 9.59 Å². The first kappa shape index (κ1) is 17.3. The molecule has 0 aliphatic heterocycles. The van der Waals surface area contributed by atoms with Gasteiger partial charge in [-0.2, -0.15) is 18.3 Å². The molecule has 0 aliphatic rings. The van der Waals surface area contributed by atoms with Crippen LogP contribution in [0, 0.1) is 0 Å². The first-order chi connectivity index (χ1) is 10.7. The molecule has 0 bridgehead atoms. The number of hydrogen-bond acceptors (Lipinski definition) is 3. The Morgan fingerprint density at radius 2 is 2.00 bits per heavy atom. The van der Waals surface area contributed by atoms with Gasteiger partial charge < -0.3 is 5.32 Å². The Balaban J connectivity index is 2.15. The van der Waals surface area contributed by atoms with Crippen LogP contribution in [0.3, 0.4) is 0 Å². The SMILES string of the molecule is O=C(Cn1ncc(Cl)c(Cl)c1=O)Nc1cccc(C(F)(F)F)c1. The van der Waals surface area contributed by atoms with Crippen LogP contribution in [0.4, 0.5) is 18.9 Å². The first-order valence-corrected chi connectivity index (χ1v) is 6.82. The number of alkyl halides is 3. The molecule has 23 heavy (non-hydrogen) atoms. The van der Waals surface area contributed by atoms with Crippen LogP contribution in [0.2, 0.25) is 10.0 Å². The van der Waals surface area contributed by atoms with Crippen molar-refractivity contribution in [3.8, 4) is 0 Å². The molecule has 2 rings (SSSR count). The van der Waals surface area contributed by atoms with E-state index in [2.05, 4.69) is 10.4 Å². The zero-order valence-electron chi connectivity index (χ0n) is 11.2. The highest BCUT2D eigenvalue weighted by molar-refractivity contribution is 6.41. The van der Waals surface area contributed by atoms with E-state index in [1.807, 2.05) is 0 Å². The summed E-state index contributed by atoms with van der Waals surface area (Å²) in [6, 6.07) is 4.10. The smallest absolute Gasteiger partial charge is 0.324 e. The Morgan fingerprint density at radius 3 is 2.65 bits per heavy atom. The topological polar surface area (TPSA) is 64.0 Å². The van der Waals surface area contributed by atoms with Crippen molar-refractivity contribution >= 4 is 34.8 Å². The molecule has 1 N–H and O–H groups in total. The van der Waals surface area contributed by atoms with Crippen molar-refractivity contribution in [3.05, 3.63) is 56.4 Å². The molecule has 0 saturated heterocycles. The summed E-state index contributed by atoms with van der Waals surface area (Å²) in [7, 11) is 0. The minimum Gasteiger partial charge on any atom is -0.324 e. The molecule has 1 heterocycles. The largest absolute Gasteiger partial charge is 0.416 e. The lowest BCUT2D eigenvalue weighted by Gasteiger charge is -2.10. The normalized spacial score (nSPS) is 11.3. The van der Waals surface area contributed by atoms with Crippen molar-refractivity contribution in [1.29, 1.82) is 0 Å². The number of benzene rings is 1. The average Bonchev–Trinajstić information content (AvgIpc) is 2.47. The quantitative estimate of drug-likeness (QED) is 0.908. The van der Waals surface area contributed by atoms with Crippen molar-refractivity contribution in [2.45, 2.75) is 12.7 Å². The van der Waals surface area contributed by atoms with Crippen LogP contribution >= 0.6 is 23.2 Å². The molecule has 1 aromatic carbocycles. The lowest BCUT2D eigenvalue weighted by Crippen LogP contribution is -2.29. The van der Waals surface area contributed by atoms with Gasteiger partial charge in [0, 0.05) is 5.69 Å². The lowest BCUT2D eigenvalue weighted by molar-refractivity contribution is -0.137. The fourth-order valence-electron chi connectivity index (χ4n) is 1.67. The molecular weight excluding hydrogens is 358 g/mol. The number of rotatable bonds is 3. The Labute approximate surface area is 137 Å². The number of halogens is 5. The molecule has 0 radical (unpaired) electrons. The number of hydrogen-bond donors (Lipinski definition) is 1. The predicted molar refractivity (Wildman–Crippen MR) is 78.6 cm³/mol. The molecule has 0 unspecified atom stereocenters. The van der Waals surface area contributed by atoms with E-state index < -0.39 is 29.8 Å². The Hall–Kier alpha value is -2.06. The second-order valence-corrected chi connectivity index (χ2v) is 5.18. The number of carbonyl (C=O) groups is 1. The van der Waals surface area contributed by atoms with E-state index in [9.17, 15) is 22.8 Å². The van der Waals surface area contributed by atoms with Crippen molar-refractivity contribution in [2.24, 2.45) is 0 Å². The van der Waals surface area contributed by atoms with E-state index in [1.165, 1.54) is 6.07 Å². The van der Waals surface area contributed by atoms with E-state index in [0.717, 1.165) is 29.1 Å². The maximum atomic E-state index is 12.6. The molecule has 0 spiro atoms. The Morgan fingerprint density at radius 1 is 1.30 bits per heavy atom. The van der Waals surface area contributed by atoms with Gasteiger partial charge in [-0.15, -0.1) is 0 Å². The first-order valence-electron chi connectivity index (χ1n) is 6.06. The molecule has 0 saturated carbocycles. The van der Waals surface area contributed by atoms with Gasteiger partial charge in [-0.1, -0.05) is 29.3 Å². The molecule has 0 atom stereocenters.